The fourth-order valence-corrected chi connectivity index (χ4v) is 5.04. The summed E-state index contributed by atoms with van der Waals surface area (Å²) in [5.41, 5.74) is 9.60. The third-order valence-corrected chi connectivity index (χ3v) is 7.25. The van der Waals surface area contributed by atoms with Gasteiger partial charge in [-0.3, -0.25) is 4.79 Å². The van der Waals surface area contributed by atoms with Crippen LogP contribution in [0, 0.1) is 34.6 Å². The van der Waals surface area contributed by atoms with Gasteiger partial charge in [-0.25, -0.2) is 9.67 Å². The zero-order valence-corrected chi connectivity index (χ0v) is 24.3. The summed E-state index contributed by atoms with van der Waals surface area (Å²) >= 11 is 0. The van der Waals surface area contributed by atoms with Gasteiger partial charge in [-0.1, -0.05) is 12.1 Å². The van der Waals surface area contributed by atoms with Crippen LogP contribution in [-0.4, -0.2) is 40.4 Å². The molecule has 39 heavy (non-hydrogen) atoms. The van der Waals surface area contributed by atoms with Crippen LogP contribution in [0.25, 0.3) is 16.7 Å². The molecule has 0 spiro atoms. The van der Waals surface area contributed by atoms with Crippen molar-refractivity contribution in [2.24, 2.45) is 0 Å². The number of hydrogen-bond donors (Lipinski definition) is 1. The fourth-order valence-electron chi connectivity index (χ4n) is 5.04. The molecule has 7 heteroatoms. The number of rotatable bonds is 11. The molecule has 0 saturated carbocycles. The lowest BCUT2D eigenvalue weighted by Crippen LogP contribution is -2.26. The number of hydrogen-bond acceptors (Lipinski definition) is 5. The van der Waals surface area contributed by atoms with Crippen molar-refractivity contribution in [3.8, 4) is 17.2 Å². The SMILES string of the molecule is CCOc1ccc(CCNC(=O)CCc2c(C)nc3c(c(C)nn3-c3ccc(C)c(C)c3)c2C)cc1OCC. The van der Waals surface area contributed by atoms with Gasteiger partial charge in [-0.05, 0) is 113 Å². The monoisotopic (exact) mass is 528 g/mol. The lowest BCUT2D eigenvalue weighted by atomic mass is 9.99. The van der Waals surface area contributed by atoms with Crippen molar-refractivity contribution in [2.45, 2.75) is 67.7 Å². The van der Waals surface area contributed by atoms with Gasteiger partial charge in [0.2, 0.25) is 5.91 Å². The molecule has 0 bridgehead atoms. The lowest BCUT2D eigenvalue weighted by Gasteiger charge is -2.13. The van der Waals surface area contributed by atoms with Crippen LogP contribution in [0.4, 0.5) is 0 Å². The van der Waals surface area contributed by atoms with Crippen molar-refractivity contribution >= 4 is 16.9 Å². The van der Waals surface area contributed by atoms with E-state index in [1.807, 2.05) is 50.6 Å². The third kappa shape index (κ3) is 6.24. The summed E-state index contributed by atoms with van der Waals surface area (Å²) in [5.74, 6) is 1.53. The first-order valence-electron chi connectivity index (χ1n) is 13.8. The number of aromatic nitrogens is 3. The summed E-state index contributed by atoms with van der Waals surface area (Å²) in [4.78, 5) is 17.7. The summed E-state index contributed by atoms with van der Waals surface area (Å²) in [6, 6.07) is 12.3. The minimum atomic E-state index is 0.0346. The van der Waals surface area contributed by atoms with E-state index in [0.29, 0.717) is 32.6 Å². The summed E-state index contributed by atoms with van der Waals surface area (Å²) < 4.78 is 13.3. The number of fused-ring (bicyclic) bond motifs is 1. The van der Waals surface area contributed by atoms with Crippen LogP contribution in [0.3, 0.4) is 0 Å². The average molecular weight is 529 g/mol. The number of benzene rings is 2. The molecule has 0 unspecified atom stereocenters. The standard InChI is InChI=1S/C32H40N4O3/c1-8-38-28-14-11-25(19-29(28)39-9-2)16-17-33-30(37)15-13-27-22(5)31-24(7)35-36(32(31)34-23(27)6)26-12-10-20(3)21(4)18-26/h10-12,14,18-19H,8-9,13,15-17H2,1-7H3,(H,33,37). The molecule has 0 aliphatic heterocycles. The van der Waals surface area contributed by atoms with E-state index >= 15 is 0 Å². The maximum absolute atomic E-state index is 12.7. The number of amides is 1. The highest BCUT2D eigenvalue weighted by Crippen LogP contribution is 2.30. The second-order valence-corrected chi connectivity index (χ2v) is 10.0. The lowest BCUT2D eigenvalue weighted by molar-refractivity contribution is -0.121. The first-order valence-corrected chi connectivity index (χ1v) is 13.8. The van der Waals surface area contributed by atoms with Gasteiger partial charge in [-0.15, -0.1) is 0 Å². The number of aryl methyl sites for hydroxylation is 5. The van der Waals surface area contributed by atoms with E-state index < -0.39 is 0 Å². The highest BCUT2D eigenvalue weighted by molar-refractivity contribution is 5.85. The summed E-state index contributed by atoms with van der Waals surface area (Å²) in [7, 11) is 0. The van der Waals surface area contributed by atoms with Crippen molar-refractivity contribution in [3.63, 3.8) is 0 Å². The Hall–Kier alpha value is -3.87. The molecule has 0 aliphatic rings. The Bertz CT molecular complexity index is 1490. The molecule has 0 radical (unpaired) electrons. The van der Waals surface area contributed by atoms with Gasteiger partial charge in [0.15, 0.2) is 17.1 Å². The number of ether oxygens (including phenoxy) is 2. The Labute approximate surface area is 231 Å². The normalized spacial score (nSPS) is 11.2. The molecule has 0 aliphatic carbocycles. The molecule has 2 aromatic heterocycles. The van der Waals surface area contributed by atoms with Gasteiger partial charge in [-0.2, -0.15) is 5.10 Å². The van der Waals surface area contributed by atoms with Gasteiger partial charge in [0, 0.05) is 24.0 Å². The number of pyridine rings is 1. The summed E-state index contributed by atoms with van der Waals surface area (Å²) in [6.45, 7) is 16.0. The molecular formula is C32H40N4O3. The van der Waals surface area contributed by atoms with Crippen LogP contribution in [0.2, 0.25) is 0 Å². The Morgan fingerprint density at radius 3 is 2.33 bits per heavy atom. The largest absolute Gasteiger partial charge is 0.490 e. The van der Waals surface area contributed by atoms with E-state index in [1.54, 1.807) is 0 Å². The molecule has 1 N–H and O–H groups in total. The Balaban J connectivity index is 1.42. The van der Waals surface area contributed by atoms with Crippen LogP contribution in [0.5, 0.6) is 11.5 Å². The van der Waals surface area contributed by atoms with Gasteiger partial charge < -0.3 is 14.8 Å². The second-order valence-electron chi connectivity index (χ2n) is 10.0. The highest BCUT2D eigenvalue weighted by atomic mass is 16.5. The summed E-state index contributed by atoms with van der Waals surface area (Å²) in [6.07, 6.45) is 1.77. The highest BCUT2D eigenvalue weighted by Gasteiger charge is 2.18. The van der Waals surface area contributed by atoms with Gasteiger partial charge >= 0.3 is 0 Å². The van der Waals surface area contributed by atoms with Gasteiger partial charge in [0.1, 0.15) is 0 Å². The molecule has 206 valence electrons. The number of carbonyl (C=O) groups is 1. The molecule has 0 fully saturated rings. The zero-order valence-electron chi connectivity index (χ0n) is 24.3. The van der Waals surface area contributed by atoms with Crippen LogP contribution >= 0.6 is 0 Å². The van der Waals surface area contributed by atoms with E-state index in [9.17, 15) is 4.79 Å². The van der Waals surface area contributed by atoms with Crippen molar-refractivity contribution in [3.05, 3.63) is 75.6 Å². The molecule has 0 atom stereocenters. The number of carbonyl (C=O) groups excluding carboxylic acids is 1. The molecule has 4 aromatic rings. The van der Waals surface area contributed by atoms with Gasteiger partial charge in [0.25, 0.3) is 0 Å². The molecule has 7 nitrogen and oxygen atoms in total. The average Bonchev–Trinajstić information content (AvgIpc) is 3.23. The van der Waals surface area contributed by atoms with Crippen molar-refractivity contribution in [2.75, 3.05) is 19.8 Å². The van der Waals surface area contributed by atoms with Crippen LogP contribution in [0.1, 0.15) is 59.5 Å². The second kappa shape index (κ2) is 12.3. The smallest absolute Gasteiger partial charge is 0.220 e. The molecule has 2 heterocycles. The van der Waals surface area contributed by atoms with Crippen LogP contribution < -0.4 is 14.8 Å². The topological polar surface area (TPSA) is 78.3 Å². The van der Waals surface area contributed by atoms with Crippen LogP contribution in [0.15, 0.2) is 36.4 Å². The predicted octanol–water partition coefficient (Wildman–Crippen LogP) is 6.05. The van der Waals surface area contributed by atoms with E-state index in [2.05, 4.69) is 44.3 Å². The Morgan fingerprint density at radius 1 is 0.872 bits per heavy atom. The van der Waals surface area contributed by atoms with Crippen molar-refractivity contribution in [1.29, 1.82) is 0 Å². The molecule has 4 rings (SSSR count). The van der Waals surface area contributed by atoms with E-state index in [1.165, 1.54) is 11.1 Å². The minimum absolute atomic E-state index is 0.0346. The summed E-state index contributed by atoms with van der Waals surface area (Å²) in [5, 5.41) is 8.96. The maximum Gasteiger partial charge on any atom is 0.220 e. The maximum atomic E-state index is 12.7. The quantitative estimate of drug-likeness (QED) is 0.256. The first kappa shape index (κ1) is 28.1. The van der Waals surface area contributed by atoms with Gasteiger partial charge in [0.05, 0.1) is 24.6 Å². The molecule has 0 saturated heterocycles. The Morgan fingerprint density at radius 2 is 1.62 bits per heavy atom. The fraction of sp³-hybridized carbons (Fsp3) is 0.406. The van der Waals surface area contributed by atoms with Crippen molar-refractivity contribution < 1.29 is 14.3 Å². The van der Waals surface area contributed by atoms with E-state index in [0.717, 1.165) is 62.7 Å². The van der Waals surface area contributed by atoms with Crippen molar-refractivity contribution in [1.82, 2.24) is 20.1 Å². The Kier molecular flexibility index (Phi) is 8.90. The first-order chi connectivity index (χ1) is 18.7. The number of nitrogens with zero attached hydrogens (tertiary/aromatic N) is 3. The minimum Gasteiger partial charge on any atom is -0.490 e. The molecule has 1 amide bonds. The van der Waals surface area contributed by atoms with Crippen LogP contribution in [-0.2, 0) is 17.6 Å². The van der Waals surface area contributed by atoms with E-state index in [-0.39, 0.29) is 5.91 Å². The van der Waals surface area contributed by atoms with E-state index in [4.69, 9.17) is 19.6 Å². The molecular weight excluding hydrogens is 488 g/mol. The predicted molar refractivity (Wildman–Crippen MR) is 156 cm³/mol. The third-order valence-electron chi connectivity index (χ3n) is 7.25. The number of nitrogens with one attached hydrogen (secondary N) is 1. The zero-order chi connectivity index (χ0) is 28.1. The molecule has 2 aromatic carbocycles.